The average Bonchev–Trinajstić information content (AvgIpc) is 2.66. The maximum atomic E-state index is 13.1. The Labute approximate surface area is 159 Å². The number of aliphatic carboxylic acids is 1. The first-order valence-corrected chi connectivity index (χ1v) is 9.01. The fourth-order valence-electron chi connectivity index (χ4n) is 2.53. The fraction of sp³-hybridized carbons (Fsp3) is 0.211. The molecule has 140 valence electrons. The van der Waals surface area contributed by atoms with Gasteiger partial charge in [0, 0.05) is 0 Å². The lowest BCUT2D eigenvalue weighted by Gasteiger charge is -2.30. The Kier molecular flexibility index (Phi) is 5.75. The van der Waals surface area contributed by atoms with E-state index in [1.54, 1.807) is 43.5 Å². The largest absolute Gasteiger partial charge is 0.497 e. The van der Waals surface area contributed by atoms with E-state index in [1.165, 1.54) is 17.0 Å². The standard InChI is InChI=1S/C19H17FN2O4S/c1-26-15-8-6-14(7-9-15)21-19-22(11-12-2-4-13(20)5-3-12)17(23)10-16(27-19)18(24)25/h2-9,16H,10-11H2,1H3,(H,24,25)/t16-/m0/s1. The minimum Gasteiger partial charge on any atom is -0.497 e. The van der Waals surface area contributed by atoms with E-state index in [1.807, 2.05) is 0 Å². The van der Waals surface area contributed by atoms with Crippen LogP contribution in [0.3, 0.4) is 0 Å². The molecule has 1 aliphatic rings. The molecule has 0 bridgehead atoms. The second-order valence-corrected chi connectivity index (χ2v) is 7.02. The minimum atomic E-state index is -1.06. The third-order valence-electron chi connectivity index (χ3n) is 3.97. The van der Waals surface area contributed by atoms with E-state index in [4.69, 9.17) is 4.74 Å². The molecule has 1 aliphatic heterocycles. The highest BCUT2D eigenvalue weighted by Crippen LogP contribution is 2.30. The summed E-state index contributed by atoms with van der Waals surface area (Å²) < 4.78 is 18.2. The summed E-state index contributed by atoms with van der Waals surface area (Å²) in [6.45, 7) is 0.188. The van der Waals surface area contributed by atoms with Crippen molar-refractivity contribution in [2.75, 3.05) is 7.11 Å². The summed E-state index contributed by atoms with van der Waals surface area (Å²) in [5, 5.41) is 8.72. The molecule has 27 heavy (non-hydrogen) atoms. The highest BCUT2D eigenvalue weighted by Gasteiger charge is 2.35. The fourth-order valence-corrected chi connectivity index (χ4v) is 3.56. The van der Waals surface area contributed by atoms with Gasteiger partial charge in [0.1, 0.15) is 16.8 Å². The number of carboxylic acid groups (broad SMARTS) is 1. The highest BCUT2D eigenvalue weighted by atomic mass is 32.2. The summed E-state index contributed by atoms with van der Waals surface area (Å²) in [5.74, 6) is -1.09. The van der Waals surface area contributed by atoms with Crippen LogP contribution < -0.4 is 4.74 Å². The molecule has 1 fully saturated rings. The number of carbonyl (C=O) groups is 2. The summed E-state index contributed by atoms with van der Waals surface area (Å²) in [5.41, 5.74) is 1.29. The number of ether oxygens (including phenoxy) is 1. The first-order valence-electron chi connectivity index (χ1n) is 8.13. The van der Waals surface area contributed by atoms with Crippen molar-refractivity contribution >= 4 is 34.5 Å². The lowest BCUT2D eigenvalue weighted by atomic mass is 10.2. The molecule has 2 aromatic carbocycles. The molecule has 0 spiro atoms. The molecule has 2 aromatic rings. The van der Waals surface area contributed by atoms with Crippen LogP contribution in [0.2, 0.25) is 0 Å². The van der Waals surface area contributed by atoms with Crippen LogP contribution in [-0.2, 0) is 16.1 Å². The van der Waals surface area contributed by atoms with Gasteiger partial charge >= 0.3 is 5.97 Å². The van der Waals surface area contributed by atoms with Crippen LogP contribution in [0.4, 0.5) is 10.1 Å². The maximum absolute atomic E-state index is 13.1. The molecule has 0 aliphatic carbocycles. The smallest absolute Gasteiger partial charge is 0.317 e. The Hall–Kier alpha value is -2.87. The van der Waals surface area contributed by atoms with Crippen molar-refractivity contribution in [2.24, 2.45) is 4.99 Å². The number of halogens is 1. The van der Waals surface area contributed by atoms with E-state index in [0.29, 0.717) is 16.6 Å². The number of hydrogen-bond acceptors (Lipinski definition) is 5. The zero-order valence-corrected chi connectivity index (χ0v) is 15.3. The van der Waals surface area contributed by atoms with E-state index in [9.17, 15) is 19.1 Å². The second-order valence-electron chi connectivity index (χ2n) is 5.85. The molecule has 1 saturated heterocycles. The summed E-state index contributed by atoms with van der Waals surface area (Å²) in [6.07, 6.45) is -0.122. The van der Waals surface area contributed by atoms with E-state index >= 15 is 0 Å². The van der Waals surface area contributed by atoms with Gasteiger partial charge in [-0.2, -0.15) is 0 Å². The quantitative estimate of drug-likeness (QED) is 0.849. The molecular formula is C19H17FN2O4S. The SMILES string of the molecule is COc1ccc(N=C2S[C@H](C(=O)O)CC(=O)N2Cc2ccc(F)cc2)cc1. The normalized spacial score (nSPS) is 18.6. The van der Waals surface area contributed by atoms with Crippen LogP contribution in [0, 0.1) is 5.82 Å². The molecule has 1 heterocycles. The van der Waals surface area contributed by atoms with Crippen LogP contribution in [-0.4, -0.2) is 39.4 Å². The number of benzene rings is 2. The number of carboxylic acids is 1. The van der Waals surface area contributed by atoms with Gasteiger partial charge in [-0.05, 0) is 42.0 Å². The maximum Gasteiger partial charge on any atom is 0.317 e. The predicted octanol–water partition coefficient (Wildman–Crippen LogP) is 3.44. The molecule has 0 aromatic heterocycles. The number of amides is 1. The topological polar surface area (TPSA) is 79.2 Å². The van der Waals surface area contributed by atoms with E-state index in [0.717, 1.165) is 17.3 Å². The molecule has 0 radical (unpaired) electrons. The Bertz CT molecular complexity index is 868. The lowest BCUT2D eigenvalue weighted by Crippen LogP contribution is -2.43. The van der Waals surface area contributed by atoms with Gasteiger partial charge in [-0.15, -0.1) is 0 Å². The van der Waals surface area contributed by atoms with Crippen molar-refractivity contribution in [1.29, 1.82) is 0 Å². The number of rotatable bonds is 5. The van der Waals surface area contributed by atoms with Gasteiger partial charge < -0.3 is 9.84 Å². The second kappa shape index (κ2) is 8.22. The van der Waals surface area contributed by atoms with Crippen molar-refractivity contribution in [1.82, 2.24) is 4.90 Å². The third kappa shape index (κ3) is 4.65. The molecular weight excluding hydrogens is 371 g/mol. The van der Waals surface area contributed by atoms with Crippen molar-refractivity contribution < 1.29 is 23.8 Å². The van der Waals surface area contributed by atoms with Crippen molar-refractivity contribution in [3.63, 3.8) is 0 Å². The molecule has 8 heteroatoms. The summed E-state index contributed by atoms with van der Waals surface area (Å²) in [7, 11) is 1.55. The Balaban J connectivity index is 1.91. The van der Waals surface area contributed by atoms with Crippen LogP contribution in [0.25, 0.3) is 0 Å². The molecule has 1 amide bonds. The first-order chi connectivity index (χ1) is 13.0. The highest BCUT2D eigenvalue weighted by molar-refractivity contribution is 8.15. The molecule has 3 rings (SSSR count). The van der Waals surface area contributed by atoms with Gasteiger partial charge in [0.15, 0.2) is 5.17 Å². The van der Waals surface area contributed by atoms with Crippen molar-refractivity contribution in [2.45, 2.75) is 18.2 Å². The van der Waals surface area contributed by atoms with Crippen LogP contribution in [0.5, 0.6) is 5.75 Å². The van der Waals surface area contributed by atoms with Gasteiger partial charge in [-0.3, -0.25) is 14.5 Å². The molecule has 6 nitrogen and oxygen atoms in total. The Morgan fingerprint density at radius 1 is 1.26 bits per heavy atom. The van der Waals surface area contributed by atoms with E-state index in [2.05, 4.69) is 4.99 Å². The number of hydrogen-bond donors (Lipinski definition) is 1. The lowest BCUT2D eigenvalue weighted by molar-refractivity contribution is -0.139. The van der Waals surface area contributed by atoms with Crippen molar-refractivity contribution in [3.05, 3.63) is 59.9 Å². The van der Waals surface area contributed by atoms with Gasteiger partial charge in [0.05, 0.1) is 25.8 Å². The summed E-state index contributed by atoms with van der Waals surface area (Å²) in [4.78, 5) is 29.8. The molecule has 0 saturated carbocycles. The Morgan fingerprint density at radius 3 is 2.52 bits per heavy atom. The number of thioether (sulfide) groups is 1. The molecule has 0 unspecified atom stereocenters. The third-order valence-corrected chi connectivity index (χ3v) is 5.14. The predicted molar refractivity (Wildman–Crippen MR) is 101 cm³/mol. The number of aliphatic imine (C=N–C) groups is 1. The van der Waals surface area contributed by atoms with Gasteiger partial charge in [0.25, 0.3) is 0 Å². The van der Waals surface area contributed by atoms with Crippen molar-refractivity contribution in [3.8, 4) is 5.75 Å². The number of amidine groups is 1. The zero-order valence-electron chi connectivity index (χ0n) is 14.5. The number of nitrogens with zero attached hydrogens (tertiary/aromatic N) is 2. The number of methoxy groups -OCH3 is 1. The van der Waals surface area contributed by atoms with Crippen LogP contribution in [0.1, 0.15) is 12.0 Å². The summed E-state index contributed by atoms with van der Waals surface area (Å²) in [6, 6.07) is 12.7. The monoisotopic (exact) mass is 388 g/mol. The zero-order chi connectivity index (χ0) is 19.4. The number of carbonyl (C=O) groups excluding carboxylic acids is 1. The molecule has 1 N–H and O–H groups in total. The van der Waals surface area contributed by atoms with Crippen LogP contribution >= 0.6 is 11.8 Å². The van der Waals surface area contributed by atoms with Gasteiger partial charge in [0.2, 0.25) is 5.91 Å². The van der Waals surface area contributed by atoms with Gasteiger partial charge in [-0.25, -0.2) is 9.38 Å². The van der Waals surface area contributed by atoms with E-state index < -0.39 is 11.2 Å². The summed E-state index contributed by atoms with van der Waals surface area (Å²) >= 11 is 1.03. The Morgan fingerprint density at radius 2 is 1.93 bits per heavy atom. The minimum absolute atomic E-state index is 0.122. The average molecular weight is 388 g/mol. The van der Waals surface area contributed by atoms with Crippen LogP contribution in [0.15, 0.2) is 53.5 Å². The van der Waals surface area contributed by atoms with Gasteiger partial charge in [-0.1, -0.05) is 23.9 Å². The molecule has 1 atom stereocenters. The van der Waals surface area contributed by atoms with E-state index in [-0.39, 0.29) is 24.7 Å². The first kappa shape index (κ1) is 18.9.